The zero-order chi connectivity index (χ0) is 21.9. The third kappa shape index (κ3) is 4.28. The van der Waals surface area contributed by atoms with E-state index < -0.39 is 29.4 Å². The number of hydrogen-bond donors (Lipinski definition) is 0. The van der Waals surface area contributed by atoms with Gasteiger partial charge in [0.15, 0.2) is 11.5 Å². The third-order valence-corrected chi connectivity index (χ3v) is 4.54. The number of carbonyl (C=O) groups is 2. The summed E-state index contributed by atoms with van der Waals surface area (Å²) in [5, 5.41) is 11.0. The van der Waals surface area contributed by atoms with Crippen LogP contribution in [0.2, 0.25) is 0 Å². The van der Waals surface area contributed by atoms with Crippen molar-refractivity contribution in [1.29, 1.82) is 0 Å². The Morgan fingerprint density at radius 2 is 1.73 bits per heavy atom. The number of amides is 2. The van der Waals surface area contributed by atoms with Gasteiger partial charge in [-0.15, -0.1) is 10.2 Å². The molecule has 0 spiro atoms. The Hall–Kier alpha value is -3.38. The lowest BCUT2D eigenvalue weighted by atomic mass is 10.2. The van der Waals surface area contributed by atoms with E-state index in [1.165, 1.54) is 36.2 Å². The number of rotatable bonds is 3. The molecular formula is C17H19F3N6O4. The molecule has 0 aromatic carbocycles. The van der Waals surface area contributed by atoms with Gasteiger partial charge in [-0.2, -0.15) is 18.3 Å². The number of nitrogens with zero attached hydrogens (tertiary/aromatic N) is 6. The predicted molar refractivity (Wildman–Crippen MR) is 95.2 cm³/mol. The molecule has 0 aliphatic carbocycles. The fraction of sp³-hybridized carbons (Fsp3) is 0.471. The second kappa shape index (κ2) is 8.55. The number of alkyl halides is 3. The number of methoxy groups -OCH3 is 2. The molecule has 0 unspecified atom stereocenters. The number of halogens is 3. The van der Waals surface area contributed by atoms with Crippen LogP contribution in [0.5, 0.6) is 5.88 Å². The maximum absolute atomic E-state index is 13.8. The van der Waals surface area contributed by atoms with Crippen LogP contribution in [-0.4, -0.2) is 82.2 Å². The van der Waals surface area contributed by atoms with Crippen LogP contribution in [0.1, 0.15) is 22.5 Å². The highest BCUT2D eigenvalue weighted by Gasteiger charge is 2.42. The normalized spacial score (nSPS) is 15.0. The van der Waals surface area contributed by atoms with Crippen molar-refractivity contribution >= 4 is 12.0 Å². The van der Waals surface area contributed by atoms with E-state index >= 15 is 0 Å². The van der Waals surface area contributed by atoms with E-state index in [0.29, 0.717) is 17.6 Å². The molecule has 0 saturated carbocycles. The maximum atomic E-state index is 13.8. The molecule has 2 aromatic heterocycles. The van der Waals surface area contributed by atoms with Crippen molar-refractivity contribution < 1.29 is 32.2 Å². The SMILES string of the molecule is COC(=O)N1CCCN(C(=O)c2cnn(-c3ccc(OC)nn3)c2C(F)(F)F)CC1. The first kappa shape index (κ1) is 21.3. The lowest BCUT2D eigenvalue weighted by Crippen LogP contribution is -2.37. The van der Waals surface area contributed by atoms with Gasteiger partial charge < -0.3 is 19.3 Å². The first-order valence-corrected chi connectivity index (χ1v) is 8.91. The van der Waals surface area contributed by atoms with E-state index in [-0.39, 0.29) is 31.3 Å². The van der Waals surface area contributed by atoms with E-state index in [2.05, 4.69) is 20.0 Å². The molecule has 1 aliphatic rings. The first-order chi connectivity index (χ1) is 14.3. The van der Waals surface area contributed by atoms with E-state index in [4.69, 9.17) is 4.74 Å². The summed E-state index contributed by atoms with van der Waals surface area (Å²) in [4.78, 5) is 27.2. The molecule has 1 fully saturated rings. The van der Waals surface area contributed by atoms with E-state index in [1.807, 2.05) is 0 Å². The van der Waals surface area contributed by atoms with E-state index in [1.54, 1.807) is 0 Å². The molecule has 10 nitrogen and oxygen atoms in total. The van der Waals surface area contributed by atoms with Crippen LogP contribution < -0.4 is 4.74 Å². The van der Waals surface area contributed by atoms with Crippen molar-refractivity contribution in [1.82, 2.24) is 29.8 Å². The minimum absolute atomic E-state index is 0.0682. The van der Waals surface area contributed by atoms with Gasteiger partial charge in [-0.25, -0.2) is 9.48 Å². The molecule has 13 heteroatoms. The Kier molecular flexibility index (Phi) is 6.08. The molecule has 3 rings (SSSR count). The molecule has 0 atom stereocenters. The molecule has 1 aliphatic heterocycles. The largest absolute Gasteiger partial charge is 0.480 e. The average molecular weight is 428 g/mol. The molecule has 0 bridgehead atoms. The van der Waals surface area contributed by atoms with Gasteiger partial charge in [0.05, 0.1) is 26.0 Å². The molecule has 0 radical (unpaired) electrons. The summed E-state index contributed by atoms with van der Waals surface area (Å²) in [6.07, 6.45) is -4.15. The summed E-state index contributed by atoms with van der Waals surface area (Å²) in [6, 6.07) is 2.59. The van der Waals surface area contributed by atoms with Gasteiger partial charge in [0.25, 0.3) is 5.91 Å². The average Bonchev–Trinajstić information content (AvgIpc) is 3.05. The van der Waals surface area contributed by atoms with Crippen LogP contribution in [0.4, 0.5) is 18.0 Å². The number of aromatic nitrogens is 4. The molecule has 1 saturated heterocycles. The van der Waals surface area contributed by atoms with Crippen LogP contribution in [0, 0.1) is 0 Å². The molecular weight excluding hydrogens is 409 g/mol. The van der Waals surface area contributed by atoms with Crippen molar-refractivity contribution in [3.8, 4) is 11.7 Å². The predicted octanol–water partition coefficient (Wildman–Crippen LogP) is 1.60. The van der Waals surface area contributed by atoms with Crippen molar-refractivity contribution in [2.75, 3.05) is 40.4 Å². The van der Waals surface area contributed by atoms with Crippen LogP contribution in [0.3, 0.4) is 0 Å². The summed E-state index contributed by atoms with van der Waals surface area (Å²) >= 11 is 0. The van der Waals surface area contributed by atoms with Gasteiger partial charge in [-0.05, 0) is 12.5 Å². The van der Waals surface area contributed by atoms with Gasteiger partial charge in [0.2, 0.25) is 5.88 Å². The molecule has 0 N–H and O–H groups in total. The molecule has 2 aromatic rings. The Balaban J connectivity index is 1.91. The fourth-order valence-corrected chi connectivity index (χ4v) is 3.09. The summed E-state index contributed by atoms with van der Waals surface area (Å²) in [5.41, 5.74) is -1.85. The van der Waals surface area contributed by atoms with Crippen molar-refractivity contribution in [3.05, 3.63) is 29.6 Å². The van der Waals surface area contributed by atoms with E-state index in [0.717, 1.165) is 6.20 Å². The summed E-state index contributed by atoms with van der Waals surface area (Å²) in [6.45, 7) is 0.747. The highest BCUT2D eigenvalue weighted by molar-refractivity contribution is 5.95. The highest BCUT2D eigenvalue weighted by Crippen LogP contribution is 2.34. The van der Waals surface area contributed by atoms with Crippen molar-refractivity contribution in [3.63, 3.8) is 0 Å². The number of hydrogen-bond acceptors (Lipinski definition) is 7. The molecule has 162 valence electrons. The van der Waals surface area contributed by atoms with Gasteiger partial charge >= 0.3 is 12.3 Å². The zero-order valence-electron chi connectivity index (χ0n) is 16.2. The Labute approximate surface area is 169 Å². The smallest absolute Gasteiger partial charge is 0.434 e. The third-order valence-electron chi connectivity index (χ3n) is 4.54. The van der Waals surface area contributed by atoms with Gasteiger partial charge in [-0.1, -0.05) is 0 Å². The summed E-state index contributed by atoms with van der Waals surface area (Å²) < 4.78 is 51.5. The van der Waals surface area contributed by atoms with Crippen LogP contribution in [0.25, 0.3) is 5.82 Å². The molecule has 2 amide bonds. The summed E-state index contributed by atoms with van der Waals surface area (Å²) in [5.74, 6) is -0.924. The monoisotopic (exact) mass is 428 g/mol. The maximum Gasteiger partial charge on any atom is 0.434 e. The van der Waals surface area contributed by atoms with Gasteiger partial charge in [-0.3, -0.25) is 4.79 Å². The van der Waals surface area contributed by atoms with E-state index in [9.17, 15) is 22.8 Å². The second-order valence-corrected chi connectivity index (χ2v) is 6.35. The minimum Gasteiger partial charge on any atom is -0.480 e. The van der Waals surface area contributed by atoms with Crippen LogP contribution in [-0.2, 0) is 10.9 Å². The Morgan fingerprint density at radius 1 is 1.03 bits per heavy atom. The number of carbonyl (C=O) groups excluding carboxylic acids is 2. The van der Waals surface area contributed by atoms with Crippen LogP contribution >= 0.6 is 0 Å². The molecule has 3 heterocycles. The highest BCUT2D eigenvalue weighted by atomic mass is 19.4. The Bertz CT molecular complexity index is 915. The fourth-order valence-electron chi connectivity index (χ4n) is 3.09. The lowest BCUT2D eigenvalue weighted by Gasteiger charge is -2.22. The summed E-state index contributed by atoms with van der Waals surface area (Å²) in [7, 11) is 2.58. The topological polar surface area (TPSA) is 103 Å². The van der Waals surface area contributed by atoms with Crippen molar-refractivity contribution in [2.45, 2.75) is 12.6 Å². The lowest BCUT2D eigenvalue weighted by molar-refractivity contribution is -0.143. The van der Waals surface area contributed by atoms with Gasteiger partial charge in [0.1, 0.15) is 0 Å². The zero-order valence-corrected chi connectivity index (χ0v) is 16.2. The number of ether oxygens (including phenoxy) is 2. The second-order valence-electron chi connectivity index (χ2n) is 6.35. The van der Waals surface area contributed by atoms with Crippen LogP contribution in [0.15, 0.2) is 18.3 Å². The van der Waals surface area contributed by atoms with Crippen molar-refractivity contribution in [2.24, 2.45) is 0 Å². The Morgan fingerprint density at radius 3 is 2.33 bits per heavy atom. The van der Waals surface area contributed by atoms with Gasteiger partial charge in [0, 0.05) is 32.2 Å². The first-order valence-electron chi connectivity index (χ1n) is 8.91. The molecule has 30 heavy (non-hydrogen) atoms. The minimum atomic E-state index is -4.87. The quantitative estimate of drug-likeness (QED) is 0.732. The standard InChI is InChI=1S/C17H19F3N6O4/c1-29-13-5-4-12(22-23-13)26-14(17(18,19)20)11(10-21-26)15(27)24-6-3-7-25(9-8-24)16(28)30-2/h4-5,10H,3,6-9H2,1-2H3.